The summed E-state index contributed by atoms with van der Waals surface area (Å²) in [7, 11) is 0. The van der Waals surface area contributed by atoms with Crippen LogP contribution in [0.4, 0.5) is 5.82 Å². The minimum atomic E-state index is -0.360. The van der Waals surface area contributed by atoms with Crippen molar-refractivity contribution in [3.8, 4) is 0 Å². The van der Waals surface area contributed by atoms with E-state index in [1.807, 2.05) is 0 Å². The van der Waals surface area contributed by atoms with Gasteiger partial charge < -0.3 is 15.0 Å². The SMILES string of the molecule is CCOC(=O)/C=C/c1cnc(N[C@@H]2CCCN(CC3CCCC3)C2)cn1. The van der Waals surface area contributed by atoms with E-state index in [1.54, 1.807) is 25.4 Å². The van der Waals surface area contributed by atoms with Gasteiger partial charge in [-0.2, -0.15) is 0 Å². The molecule has 0 aromatic carbocycles. The van der Waals surface area contributed by atoms with Crippen LogP contribution >= 0.6 is 0 Å². The van der Waals surface area contributed by atoms with Gasteiger partial charge in [0.2, 0.25) is 0 Å². The van der Waals surface area contributed by atoms with Crippen molar-refractivity contribution in [2.75, 3.05) is 31.6 Å². The van der Waals surface area contributed by atoms with Gasteiger partial charge in [-0.15, -0.1) is 0 Å². The number of nitrogens with one attached hydrogen (secondary N) is 1. The zero-order valence-electron chi connectivity index (χ0n) is 15.7. The van der Waals surface area contributed by atoms with Gasteiger partial charge in [-0.05, 0) is 51.1 Å². The maximum atomic E-state index is 11.3. The molecule has 0 bridgehead atoms. The highest BCUT2D eigenvalue weighted by molar-refractivity contribution is 5.86. The van der Waals surface area contributed by atoms with Gasteiger partial charge in [-0.1, -0.05) is 12.8 Å². The zero-order chi connectivity index (χ0) is 18.2. The highest BCUT2D eigenvalue weighted by Gasteiger charge is 2.24. The second kappa shape index (κ2) is 9.67. The second-order valence-corrected chi connectivity index (χ2v) is 7.31. The summed E-state index contributed by atoms with van der Waals surface area (Å²) in [5.41, 5.74) is 0.648. The highest BCUT2D eigenvalue weighted by atomic mass is 16.5. The highest BCUT2D eigenvalue weighted by Crippen LogP contribution is 2.26. The molecular formula is C20H30N4O2. The molecule has 1 aromatic rings. The number of aromatic nitrogens is 2. The molecule has 1 saturated heterocycles. The van der Waals surface area contributed by atoms with Crippen molar-refractivity contribution in [3.63, 3.8) is 0 Å². The average Bonchev–Trinajstić information content (AvgIpc) is 3.15. The standard InChI is InChI=1S/C20H30N4O2/c1-2-26-20(25)10-9-17-12-22-19(13-21-17)23-18-8-5-11-24(15-18)14-16-6-3-4-7-16/h9-10,12-13,16,18H,2-8,11,14-15H2,1H3,(H,22,23)/b10-9+/t18-/m1/s1. The number of hydrogen-bond donors (Lipinski definition) is 1. The lowest BCUT2D eigenvalue weighted by molar-refractivity contribution is -0.137. The number of carbonyl (C=O) groups is 1. The van der Waals surface area contributed by atoms with Gasteiger partial charge >= 0.3 is 5.97 Å². The van der Waals surface area contributed by atoms with Crippen molar-refractivity contribution in [3.05, 3.63) is 24.2 Å². The summed E-state index contributed by atoms with van der Waals surface area (Å²) in [6.07, 6.45) is 14.5. The first-order valence-corrected chi connectivity index (χ1v) is 9.88. The Bertz CT molecular complexity index is 596. The van der Waals surface area contributed by atoms with Crippen molar-refractivity contribution in [2.24, 2.45) is 5.92 Å². The molecule has 1 atom stereocenters. The van der Waals surface area contributed by atoms with E-state index >= 15 is 0 Å². The summed E-state index contributed by atoms with van der Waals surface area (Å²) in [6.45, 7) is 5.71. The largest absolute Gasteiger partial charge is 0.463 e. The molecule has 3 rings (SSSR count). The Hall–Kier alpha value is -1.95. The molecule has 0 amide bonds. The third-order valence-electron chi connectivity index (χ3n) is 5.20. The molecule has 2 fully saturated rings. The number of esters is 1. The first-order chi connectivity index (χ1) is 12.7. The Kier molecular flexibility index (Phi) is 7.00. The van der Waals surface area contributed by atoms with Crippen LogP contribution in [0.25, 0.3) is 6.08 Å². The van der Waals surface area contributed by atoms with Gasteiger partial charge in [0.25, 0.3) is 0 Å². The minimum Gasteiger partial charge on any atom is -0.463 e. The van der Waals surface area contributed by atoms with Gasteiger partial charge in [-0.25, -0.2) is 9.78 Å². The van der Waals surface area contributed by atoms with Gasteiger partial charge in [0.05, 0.1) is 24.7 Å². The molecule has 6 heteroatoms. The number of piperidine rings is 1. The lowest BCUT2D eigenvalue weighted by atomic mass is 10.0. The zero-order valence-corrected chi connectivity index (χ0v) is 15.7. The van der Waals surface area contributed by atoms with E-state index in [4.69, 9.17) is 4.74 Å². The summed E-state index contributed by atoms with van der Waals surface area (Å²) in [5, 5.41) is 3.52. The Morgan fingerprint density at radius 2 is 2.12 bits per heavy atom. The number of nitrogens with zero attached hydrogens (tertiary/aromatic N) is 3. The van der Waals surface area contributed by atoms with Crippen molar-refractivity contribution < 1.29 is 9.53 Å². The van der Waals surface area contributed by atoms with Crippen molar-refractivity contribution in [1.82, 2.24) is 14.9 Å². The van der Waals surface area contributed by atoms with Crippen molar-refractivity contribution in [1.29, 1.82) is 0 Å². The van der Waals surface area contributed by atoms with Crippen molar-refractivity contribution in [2.45, 2.75) is 51.5 Å². The summed E-state index contributed by atoms with van der Waals surface area (Å²) in [4.78, 5) is 22.7. The van der Waals surface area contributed by atoms with Crippen LogP contribution in [0.15, 0.2) is 18.5 Å². The molecule has 2 aliphatic rings. The summed E-state index contributed by atoms with van der Waals surface area (Å²) in [5.74, 6) is 1.34. The van der Waals surface area contributed by atoms with Crippen LogP contribution in [0, 0.1) is 5.92 Å². The van der Waals surface area contributed by atoms with E-state index in [1.165, 1.54) is 57.7 Å². The quantitative estimate of drug-likeness (QED) is 0.597. The van der Waals surface area contributed by atoms with Crippen molar-refractivity contribution >= 4 is 17.9 Å². The molecular weight excluding hydrogens is 328 g/mol. The molecule has 6 nitrogen and oxygen atoms in total. The molecule has 1 saturated carbocycles. The van der Waals surface area contributed by atoms with Gasteiger partial charge in [-0.3, -0.25) is 4.98 Å². The molecule has 1 aromatic heterocycles. The van der Waals surface area contributed by atoms with Crippen LogP contribution in [0.5, 0.6) is 0 Å². The Balaban J connectivity index is 1.47. The van der Waals surface area contributed by atoms with Crippen LogP contribution in [0.1, 0.15) is 51.1 Å². The molecule has 142 valence electrons. The maximum absolute atomic E-state index is 11.3. The van der Waals surface area contributed by atoms with Crippen LogP contribution in [-0.2, 0) is 9.53 Å². The summed E-state index contributed by atoms with van der Waals surface area (Å²) in [6, 6.07) is 0.431. The minimum absolute atomic E-state index is 0.360. The van der Waals surface area contributed by atoms with E-state index in [-0.39, 0.29) is 5.97 Å². The number of hydrogen-bond acceptors (Lipinski definition) is 6. The Morgan fingerprint density at radius 1 is 1.27 bits per heavy atom. The maximum Gasteiger partial charge on any atom is 0.330 e. The third-order valence-corrected chi connectivity index (χ3v) is 5.20. The van der Waals surface area contributed by atoms with Gasteiger partial charge in [0, 0.05) is 25.2 Å². The van der Waals surface area contributed by atoms with E-state index < -0.39 is 0 Å². The van der Waals surface area contributed by atoms with E-state index in [0.717, 1.165) is 18.3 Å². The van der Waals surface area contributed by atoms with Gasteiger partial charge in [0.1, 0.15) is 5.82 Å². The smallest absolute Gasteiger partial charge is 0.330 e. The lowest BCUT2D eigenvalue weighted by Gasteiger charge is -2.34. The normalized spacial score (nSPS) is 22.0. The number of ether oxygens (including phenoxy) is 1. The molecule has 1 aliphatic heterocycles. The van der Waals surface area contributed by atoms with Crippen LogP contribution in [0.3, 0.4) is 0 Å². The van der Waals surface area contributed by atoms with Crippen LogP contribution in [-0.4, -0.2) is 53.1 Å². The van der Waals surface area contributed by atoms with E-state index in [9.17, 15) is 4.79 Å². The predicted octanol–water partition coefficient (Wildman–Crippen LogP) is 3.12. The first-order valence-electron chi connectivity index (χ1n) is 9.88. The molecule has 0 unspecified atom stereocenters. The van der Waals surface area contributed by atoms with E-state index in [2.05, 4.69) is 20.2 Å². The average molecular weight is 358 g/mol. The number of rotatable bonds is 7. The molecule has 1 aliphatic carbocycles. The monoisotopic (exact) mass is 358 g/mol. The molecule has 0 radical (unpaired) electrons. The summed E-state index contributed by atoms with van der Waals surface area (Å²) < 4.78 is 4.85. The molecule has 26 heavy (non-hydrogen) atoms. The number of anilines is 1. The molecule has 0 spiro atoms. The Morgan fingerprint density at radius 3 is 2.85 bits per heavy atom. The second-order valence-electron chi connectivity index (χ2n) is 7.31. The lowest BCUT2D eigenvalue weighted by Crippen LogP contribution is -2.43. The first kappa shape index (κ1) is 18.8. The molecule has 1 N–H and O–H groups in total. The van der Waals surface area contributed by atoms with Crippen LogP contribution < -0.4 is 5.32 Å². The predicted molar refractivity (Wildman–Crippen MR) is 103 cm³/mol. The van der Waals surface area contributed by atoms with E-state index in [0.29, 0.717) is 18.3 Å². The number of carbonyl (C=O) groups excluding carboxylic acids is 1. The molecule has 2 heterocycles. The number of likely N-dealkylation sites (tertiary alicyclic amines) is 1. The third kappa shape index (κ3) is 5.80. The van der Waals surface area contributed by atoms with Gasteiger partial charge in [0.15, 0.2) is 0 Å². The Labute approximate surface area is 156 Å². The topological polar surface area (TPSA) is 67.3 Å². The fraction of sp³-hybridized carbons (Fsp3) is 0.650. The summed E-state index contributed by atoms with van der Waals surface area (Å²) >= 11 is 0. The van der Waals surface area contributed by atoms with Crippen LogP contribution in [0.2, 0.25) is 0 Å². The fourth-order valence-corrected chi connectivity index (χ4v) is 3.95. The fourth-order valence-electron chi connectivity index (χ4n) is 3.95.